The van der Waals surface area contributed by atoms with E-state index < -0.39 is 18.0 Å². The third-order valence-corrected chi connectivity index (χ3v) is 4.57. The number of thiophene rings is 1. The minimum atomic E-state index is -4.10. The summed E-state index contributed by atoms with van der Waals surface area (Å²) in [5.41, 5.74) is 7.09. The summed E-state index contributed by atoms with van der Waals surface area (Å²) in [6.45, 7) is 0. The number of nitrogens with two attached hydrogens (primary N) is 1. The molecule has 2 N–H and O–H groups in total. The van der Waals surface area contributed by atoms with E-state index in [9.17, 15) is 13.2 Å². The summed E-state index contributed by atoms with van der Waals surface area (Å²) in [4.78, 5) is 0. The van der Waals surface area contributed by atoms with Gasteiger partial charge in [-0.1, -0.05) is 12.8 Å². The van der Waals surface area contributed by atoms with Crippen molar-refractivity contribution in [2.24, 2.45) is 17.6 Å². The molecule has 18 heavy (non-hydrogen) atoms. The van der Waals surface area contributed by atoms with Crippen LogP contribution in [-0.4, -0.2) is 12.2 Å². The van der Waals surface area contributed by atoms with Gasteiger partial charge < -0.3 is 5.73 Å². The summed E-state index contributed by atoms with van der Waals surface area (Å²) in [5.74, 6) is -1.63. The Kier molecular flexibility index (Phi) is 4.33. The largest absolute Gasteiger partial charge is 0.392 e. The van der Waals surface area contributed by atoms with Crippen LogP contribution in [0.3, 0.4) is 0 Å². The maximum atomic E-state index is 13.0. The summed E-state index contributed by atoms with van der Waals surface area (Å²) in [5, 5.41) is 3.90. The zero-order valence-corrected chi connectivity index (χ0v) is 10.9. The summed E-state index contributed by atoms with van der Waals surface area (Å²) in [6.07, 6.45) is -1.15. The van der Waals surface area contributed by atoms with Gasteiger partial charge in [0, 0.05) is 6.04 Å². The van der Waals surface area contributed by atoms with Gasteiger partial charge in [0.1, 0.15) is 0 Å². The SMILES string of the molecule is NC(Cc1ccsc1)C1CCCCC1C(F)(F)F. The number of alkyl halides is 3. The number of rotatable bonds is 3. The fraction of sp³-hybridized carbons (Fsp3) is 0.692. The predicted octanol–water partition coefficient (Wildman–Crippen LogP) is 3.99. The molecule has 1 heterocycles. The van der Waals surface area contributed by atoms with Crippen molar-refractivity contribution in [2.75, 3.05) is 0 Å². The topological polar surface area (TPSA) is 26.0 Å². The molecule has 0 spiro atoms. The van der Waals surface area contributed by atoms with Crippen LogP contribution in [0.5, 0.6) is 0 Å². The Morgan fingerprint density at radius 1 is 1.33 bits per heavy atom. The van der Waals surface area contributed by atoms with Crippen molar-refractivity contribution in [1.29, 1.82) is 0 Å². The smallest absolute Gasteiger partial charge is 0.327 e. The molecule has 1 aromatic rings. The van der Waals surface area contributed by atoms with Crippen molar-refractivity contribution < 1.29 is 13.2 Å². The van der Waals surface area contributed by atoms with Crippen LogP contribution in [0.2, 0.25) is 0 Å². The van der Waals surface area contributed by atoms with Gasteiger partial charge in [-0.2, -0.15) is 24.5 Å². The molecule has 1 nitrogen and oxygen atoms in total. The van der Waals surface area contributed by atoms with Crippen LogP contribution in [0.15, 0.2) is 16.8 Å². The fourth-order valence-corrected chi connectivity index (χ4v) is 3.59. The number of halogens is 3. The van der Waals surface area contributed by atoms with Crippen molar-refractivity contribution in [2.45, 2.75) is 44.3 Å². The van der Waals surface area contributed by atoms with E-state index in [1.54, 1.807) is 11.3 Å². The maximum Gasteiger partial charge on any atom is 0.392 e. The molecule has 5 heteroatoms. The van der Waals surface area contributed by atoms with E-state index in [0.717, 1.165) is 12.0 Å². The average Bonchev–Trinajstić information content (AvgIpc) is 2.80. The Bertz CT molecular complexity index is 361. The van der Waals surface area contributed by atoms with Gasteiger partial charge in [0.15, 0.2) is 0 Å². The Labute approximate surface area is 109 Å². The van der Waals surface area contributed by atoms with Gasteiger partial charge in [-0.05, 0) is 47.6 Å². The van der Waals surface area contributed by atoms with Crippen LogP contribution in [0.1, 0.15) is 31.2 Å². The second-order valence-electron chi connectivity index (χ2n) is 5.10. The van der Waals surface area contributed by atoms with Gasteiger partial charge >= 0.3 is 6.18 Å². The monoisotopic (exact) mass is 277 g/mol. The van der Waals surface area contributed by atoms with E-state index in [1.165, 1.54) is 0 Å². The van der Waals surface area contributed by atoms with E-state index in [1.807, 2.05) is 16.8 Å². The highest BCUT2D eigenvalue weighted by Gasteiger charge is 2.47. The lowest BCUT2D eigenvalue weighted by Gasteiger charge is -2.36. The first-order valence-electron chi connectivity index (χ1n) is 6.32. The van der Waals surface area contributed by atoms with Crippen LogP contribution in [0, 0.1) is 11.8 Å². The van der Waals surface area contributed by atoms with Crippen molar-refractivity contribution in [1.82, 2.24) is 0 Å². The highest BCUT2D eigenvalue weighted by molar-refractivity contribution is 7.07. The van der Waals surface area contributed by atoms with E-state index >= 15 is 0 Å². The first-order valence-corrected chi connectivity index (χ1v) is 7.26. The highest BCUT2D eigenvalue weighted by atomic mass is 32.1. The molecule has 1 aliphatic rings. The van der Waals surface area contributed by atoms with Crippen molar-refractivity contribution in [3.63, 3.8) is 0 Å². The summed E-state index contributed by atoms with van der Waals surface area (Å²) in [7, 11) is 0. The van der Waals surface area contributed by atoms with Gasteiger partial charge in [0.25, 0.3) is 0 Å². The fourth-order valence-electron chi connectivity index (χ4n) is 2.91. The van der Waals surface area contributed by atoms with Gasteiger partial charge in [0.2, 0.25) is 0 Å². The molecular weight excluding hydrogens is 259 g/mol. The molecule has 1 fully saturated rings. The first-order chi connectivity index (χ1) is 8.48. The molecule has 1 aromatic heterocycles. The van der Waals surface area contributed by atoms with Gasteiger partial charge in [-0.3, -0.25) is 0 Å². The Hall–Kier alpha value is -0.550. The lowest BCUT2D eigenvalue weighted by molar-refractivity contribution is -0.198. The lowest BCUT2D eigenvalue weighted by Crippen LogP contribution is -2.44. The quantitative estimate of drug-likeness (QED) is 0.888. The molecule has 102 valence electrons. The molecule has 0 aromatic carbocycles. The van der Waals surface area contributed by atoms with Crippen LogP contribution in [-0.2, 0) is 6.42 Å². The van der Waals surface area contributed by atoms with Gasteiger partial charge in [-0.25, -0.2) is 0 Å². The molecule has 1 aliphatic carbocycles. The summed E-state index contributed by atoms with van der Waals surface area (Å²) < 4.78 is 38.9. The minimum Gasteiger partial charge on any atom is -0.327 e. The van der Waals surface area contributed by atoms with Gasteiger partial charge in [0.05, 0.1) is 5.92 Å². The maximum absolute atomic E-state index is 13.0. The third-order valence-electron chi connectivity index (χ3n) is 3.84. The van der Waals surface area contributed by atoms with E-state index in [-0.39, 0.29) is 12.5 Å². The van der Waals surface area contributed by atoms with E-state index in [0.29, 0.717) is 19.3 Å². The first kappa shape index (κ1) is 13.9. The molecule has 0 saturated heterocycles. The zero-order chi connectivity index (χ0) is 13.2. The van der Waals surface area contributed by atoms with Crippen LogP contribution in [0.4, 0.5) is 13.2 Å². The molecule has 0 amide bonds. The van der Waals surface area contributed by atoms with Crippen molar-refractivity contribution in [3.8, 4) is 0 Å². The molecule has 2 rings (SSSR count). The Morgan fingerprint density at radius 3 is 2.67 bits per heavy atom. The molecular formula is C13H18F3NS. The Balaban J connectivity index is 2.04. The van der Waals surface area contributed by atoms with Crippen LogP contribution >= 0.6 is 11.3 Å². The lowest BCUT2D eigenvalue weighted by atomic mass is 9.74. The van der Waals surface area contributed by atoms with Crippen LogP contribution < -0.4 is 5.73 Å². The van der Waals surface area contributed by atoms with Crippen molar-refractivity contribution >= 4 is 11.3 Å². The predicted molar refractivity (Wildman–Crippen MR) is 67.5 cm³/mol. The molecule has 3 atom stereocenters. The molecule has 0 radical (unpaired) electrons. The highest BCUT2D eigenvalue weighted by Crippen LogP contribution is 2.42. The number of hydrogen-bond acceptors (Lipinski definition) is 2. The Morgan fingerprint density at radius 2 is 2.06 bits per heavy atom. The van der Waals surface area contributed by atoms with Crippen LogP contribution in [0.25, 0.3) is 0 Å². The number of hydrogen-bond donors (Lipinski definition) is 1. The molecule has 1 saturated carbocycles. The van der Waals surface area contributed by atoms with Gasteiger partial charge in [-0.15, -0.1) is 0 Å². The normalized spacial score (nSPS) is 27.1. The van der Waals surface area contributed by atoms with Crippen molar-refractivity contribution in [3.05, 3.63) is 22.4 Å². The molecule has 0 aliphatic heterocycles. The standard InChI is InChI=1S/C13H18F3NS/c14-13(15,16)11-4-2-1-3-10(11)12(17)7-9-5-6-18-8-9/h5-6,8,10-12H,1-4,7,17H2. The summed E-state index contributed by atoms with van der Waals surface area (Å²) in [6, 6.07) is 1.56. The van der Waals surface area contributed by atoms with E-state index in [4.69, 9.17) is 5.73 Å². The van der Waals surface area contributed by atoms with E-state index in [2.05, 4.69) is 0 Å². The minimum absolute atomic E-state index is 0.242. The average molecular weight is 277 g/mol. The molecule has 3 unspecified atom stereocenters. The summed E-state index contributed by atoms with van der Waals surface area (Å²) >= 11 is 1.56. The second kappa shape index (κ2) is 5.61. The molecule has 0 bridgehead atoms. The third kappa shape index (κ3) is 3.26. The zero-order valence-electron chi connectivity index (χ0n) is 10.1. The second-order valence-corrected chi connectivity index (χ2v) is 5.88.